The summed E-state index contributed by atoms with van der Waals surface area (Å²) in [7, 11) is 0. The van der Waals surface area contributed by atoms with E-state index in [4.69, 9.17) is 17.3 Å². The molecule has 0 saturated carbocycles. The fraction of sp³-hybridized carbons (Fsp3) is 0.368. The zero-order valence-electron chi connectivity index (χ0n) is 13.0. The van der Waals surface area contributed by atoms with Crippen LogP contribution in [0.2, 0.25) is 5.02 Å². The van der Waals surface area contributed by atoms with Crippen LogP contribution < -0.4 is 10.6 Å². The lowest BCUT2D eigenvalue weighted by molar-refractivity contribution is 0.374. The fourth-order valence-electron chi connectivity index (χ4n) is 3.31. The van der Waals surface area contributed by atoms with Crippen molar-refractivity contribution in [3.8, 4) is 0 Å². The Hall–Kier alpha value is -1.51. The Morgan fingerprint density at radius 2 is 1.73 bits per heavy atom. The van der Waals surface area contributed by atoms with Gasteiger partial charge in [0.05, 0.1) is 0 Å². The van der Waals surface area contributed by atoms with Gasteiger partial charge < -0.3 is 10.6 Å². The molecule has 3 rings (SSSR count). The Morgan fingerprint density at radius 3 is 2.41 bits per heavy atom. The van der Waals surface area contributed by atoms with Gasteiger partial charge >= 0.3 is 0 Å². The van der Waals surface area contributed by atoms with Crippen LogP contribution in [0.1, 0.15) is 17.5 Å². The number of benzene rings is 2. The normalized spacial score (nSPS) is 21.9. The van der Waals surface area contributed by atoms with Crippen molar-refractivity contribution in [3.63, 3.8) is 0 Å². The largest absolute Gasteiger partial charge is 0.370 e. The van der Waals surface area contributed by atoms with Gasteiger partial charge in [-0.2, -0.15) is 0 Å². The Labute approximate surface area is 137 Å². The Bertz CT molecular complexity index is 606. The highest BCUT2D eigenvalue weighted by atomic mass is 35.5. The van der Waals surface area contributed by atoms with Crippen molar-refractivity contribution < 1.29 is 0 Å². The average molecular weight is 315 g/mol. The lowest BCUT2D eigenvalue weighted by atomic mass is 9.89. The van der Waals surface area contributed by atoms with E-state index in [2.05, 4.69) is 48.2 Å². The van der Waals surface area contributed by atoms with Crippen molar-refractivity contribution in [1.29, 1.82) is 0 Å². The van der Waals surface area contributed by atoms with E-state index in [1.54, 1.807) is 0 Å². The molecule has 0 bridgehead atoms. The van der Waals surface area contributed by atoms with E-state index >= 15 is 0 Å². The number of anilines is 1. The van der Waals surface area contributed by atoms with Crippen molar-refractivity contribution in [2.45, 2.75) is 25.8 Å². The third-order valence-electron chi connectivity index (χ3n) is 4.41. The van der Waals surface area contributed by atoms with Crippen LogP contribution in [-0.4, -0.2) is 19.1 Å². The number of nitrogens with two attached hydrogens (primary N) is 1. The van der Waals surface area contributed by atoms with Crippen molar-refractivity contribution >= 4 is 17.3 Å². The molecule has 2 N–H and O–H groups in total. The zero-order chi connectivity index (χ0) is 15.5. The highest BCUT2D eigenvalue weighted by Gasteiger charge is 2.25. The molecule has 1 aliphatic heterocycles. The van der Waals surface area contributed by atoms with Crippen LogP contribution in [0.3, 0.4) is 0 Å². The maximum Gasteiger partial charge on any atom is 0.0406 e. The van der Waals surface area contributed by atoms with Crippen LogP contribution >= 0.6 is 11.6 Å². The van der Waals surface area contributed by atoms with E-state index in [-0.39, 0.29) is 6.04 Å². The van der Waals surface area contributed by atoms with Crippen LogP contribution in [0.4, 0.5) is 5.69 Å². The molecule has 1 saturated heterocycles. The molecule has 2 nitrogen and oxygen atoms in total. The molecule has 2 atom stereocenters. The maximum atomic E-state index is 6.30. The van der Waals surface area contributed by atoms with E-state index in [0.717, 1.165) is 31.0 Å². The van der Waals surface area contributed by atoms with E-state index < -0.39 is 0 Å². The summed E-state index contributed by atoms with van der Waals surface area (Å²) in [5, 5.41) is 0.797. The SMILES string of the molecule is Cc1ccc(N2CC(N)CC(Cc3ccc(Cl)cc3)C2)cc1. The Balaban J connectivity index is 1.70. The predicted octanol–water partition coefficient (Wildman–Crippen LogP) is 4.04. The fourth-order valence-corrected chi connectivity index (χ4v) is 3.44. The van der Waals surface area contributed by atoms with Crippen LogP contribution in [0.25, 0.3) is 0 Å². The summed E-state index contributed by atoms with van der Waals surface area (Å²) >= 11 is 5.97. The summed E-state index contributed by atoms with van der Waals surface area (Å²) in [5.41, 5.74) is 10.2. The zero-order valence-corrected chi connectivity index (χ0v) is 13.8. The molecule has 2 unspecified atom stereocenters. The number of nitrogens with zero attached hydrogens (tertiary/aromatic N) is 1. The molecule has 22 heavy (non-hydrogen) atoms. The predicted molar refractivity (Wildman–Crippen MR) is 94.6 cm³/mol. The van der Waals surface area contributed by atoms with Gasteiger partial charge in [-0.05, 0) is 55.5 Å². The summed E-state index contributed by atoms with van der Waals surface area (Å²) in [6.07, 6.45) is 2.15. The highest BCUT2D eigenvalue weighted by Crippen LogP contribution is 2.26. The van der Waals surface area contributed by atoms with Gasteiger partial charge in [0.1, 0.15) is 0 Å². The summed E-state index contributed by atoms with van der Waals surface area (Å²) in [5.74, 6) is 0.589. The van der Waals surface area contributed by atoms with Crippen molar-refractivity contribution in [2.75, 3.05) is 18.0 Å². The minimum Gasteiger partial charge on any atom is -0.370 e. The molecule has 0 radical (unpaired) electrons. The van der Waals surface area contributed by atoms with Crippen LogP contribution in [0, 0.1) is 12.8 Å². The number of rotatable bonds is 3. The molecule has 1 aliphatic rings. The number of halogens is 1. The highest BCUT2D eigenvalue weighted by molar-refractivity contribution is 6.30. The van der Waals surface area contributed by atoms with Gasteiger partial charge in [-0.25, -0.2) is 0 Å². The Morgan fingerprint density at radius 1 is 1.05 bits per heavy atom. The van der Waals surface area contributed by atoms with E-state index in [1.165, 1.54) is 16.8 Å². The van der Waals surface area contributed by atoms with Crippen molar-refractivity contribution in [2.24, 2.45) is 11.7 Å². The lowest BCUT2D eigenvalue weighted by Crippen LogP contribution is -2.47. The van der Waals surface area contributed by atoms with Crippen LogP contribution in [-0.2, 0) is 6.42 Å². The second kappa shape index (κ2) is 6.72. The average Bonchev–Trinajstić information content (AvgIpc) is 2.50. The molecule has 0 aliphatic carbocycles. The third-order valence-corrected chi connectivity index (χ3v) is 4.66. The van der Waals surface area contributed by atoms with Gasteiger partial charge in [0.15, 0.2) is 0 Å². The molecule has 0 spiro atoms. The van der Waals surface area contributed by atoms with Gasteiger partial charge in [0.25, 0.3) is 0 Å². The van der Waals surface area contributed by atoms with Gasteiger partial charge in [0.2, 0.25) is 0 Å². The van der Waals surface area contributed by atoms with Crippen LogP contribution in [0.5, 0.6) is 0 Å². The molecule has 1 heterocycles. The van der Waals surface area contributed by atoms with Gasteiger partial charge in [0, 0.05) is 29.8 Å². The quantitative estimate of drug-likeness (QED) is 0.926. The first-order valence-corrected chi connectivity index (χ1v) is 8.29. The monoisotopic (exact) mass is 314 g/mol. The molecular weight excluding hydrogens is 292 g/mol. The topological polar surface area (TPSA) is 29.3 Å². The lowest BCUT2D eigenvalue weighted by Gasteiger charge is -2.38. The molecule has 0 amide bonds. The summed E-state index contributed by atoms with van der Waals surface area (Å²) < 4.78 is 0. The molecule has 2 aromatic carbocycles. The maximum absolute atomic E-state index is 6.30. The summed E-state index contributed by atoms with van der Waals surface area (Å²) in [4.78, 5) is 2.42. The second-order valence-electron chi connectivity index (χ2n) is 6.43. The van der Waals surface area contributed by atoms with E-state index in [1.807, 2.05) is 12.1 Å². The van der Waals surface area contributed by atoms with Gasteiger partial charge in [-0.15, -0.1) is 0 Å². The summed E-state index contributed by atoms with van der Waals surface area (Å²) in [6.45, 7) is 4.13. The van der Waals surface area contributed by atoms with Crippen molar-refractivity contribution in [1.82, 2.24) is 0 Å². The molecule has 3 heteroatoms. The first-order chi connectivity index (χ1) is 10.6. The first kappa shape index (κ1) is 15.4. The van der Waals surface area contributed by atoms with Gasteiger partial charge in [-0.1, -0.05) is 41.4 Å². The number of piperidine rings is 1. The van der Waals surface area contributed by atoms with Gasteiger partial charge in [-0.3, -0.25) is 0 Å². The molecule has 2 aromatic rings. The second-order valence-corrected chi connectivity index (χ2v) is 6.87. The molecule has 0 aromatic heterocycles. The molecular formula is C19H23ClN2. The minimum absolute atomic E-state index is 0.243. The van der Waals surface area contributed by atoms with E-state index in [0.29, 0.717) is 5.92 Å². The standard InChI is InChI=1S/C19H23ClN2/c1-14-2-8-19(9-3-14)22-12-16(11-18(21)13-22)10-15-4-6-17(20)7-5-15/h2-9,16,18H,10-13,21H2,1H3. The molecule has 116 valence electrons. The van der Waals surface area contributed by atoms with Crippen LogP contribution in [0.15, 0.2) is 48.5 Å². The number of aryl methyl sites for hydroxylation is 1. The number of hydrogen-bond donors (Lipinski definition) is 1. The first-order valence-electron chi connectivity index (χ1n) is 7.92. The third kappa shape index (κ3) is 3.82. The minimum atomic E-state index is 0.243. The molecule has 1 fully saturated rings. The Kier molecular flexibility index (Phi) is 4.70. The number of hydrogen-bond acceptors (Lipinski definition) is 2. The van der Waals surface area contributed by atoms with Crippen molar-refractivity contribution in [3.05, 3.63) is 64.7 Å². The summed E-state index contributed by atoms with van der Waals surface area (Å²) in [6, 6.07) is 17.2. The van der Waals surface area contributed by atoms with E-state index in [9.17, 15) is 0 Å². The smallest absolute Gasteiger partial charge is 0.0406 e.